The lowest BCUT2D eigenvalue weighted by Gasteiger charge is -2.20. The molecular weight excluding hydrogens is 308 g/mol. The lowest BCUT2D eigenvalue weighted by Crippen LogP contribution is -2.38. The predicted molar refractivity (Wildman–Crippen MR) is 91.6 cm³/mol. The Kier molecular flexibility index (Phi) is 6.35. The summed E-state index contributed by atoms with van der Waals surface area (Å²) in [5.41, 5.74) is 1.24. The number of rotatable bonds is 5. The summed E-state index contributed by atoms with van der Waals surface area (Å²) < 4.78 is 0. The molecule has 0 bridgehead atoms. The van der Waals surface area contributed by atoms with Gasteiger partial charge in [-0.25, -0.2) is 0 Å². The number of hydrogen-bond donors (Lipinski definition) is 0. The van der Waals surface area contributed by atoms with Gasteiger partial charge >= 0.3 is 0 Å². The summed E-state index contributed by atoms with van der Waals surface area (Å²) in [5, 5.41) is 9.35. The second kappa shape index (κ2) is 8.26. The summed E-state index contributed by atoms with van der Waals surface area (Å²) in [6.07, 6.45) is 6.79. The molecule has 0 radical (unpaired) electrons. The van der Waals surface area contributed by atoms with E-state index in [1.54, 1.807) is 4.90 Å². The van der Waals surface area contributed by atoms with Crippen molar-refractivity contribution < 1.29 is 9.59 Å². The third kappa shape index (κ3) is 4.00. The van der Waals surface area contributed by atoms with Gasteiger partial charge in [0.1, 0.15) is 0 Å². The van der Waals surface area contributed by atoms with Crippen molar-refractivity contribution >= 4 is 23.0 Å². The first kappa shape index (κ1) is 17.7. The van der Waals surface area contributed by atoms with Gasteiger partial charge in [-0.3, -0.25) is 9.59 Å². The molecule has 0 spiro atoms. The molecule has 0 saturated carbocycles. The van der Waals surface area contributed by atoms with Gasteiger partial charge in [-0.2, -0.15) is 5.26 Å². The van der Waals surface area contributed by atoms with Crippen molar-refractivity contribution in [2.45, 2.75) is 52.4 Å². The summed E-state index contributed by atoms with van der Waals surface area (Å²) >= 11 is 1.48. The summed E-state index contributed by atoms with van der Waals surface area (Å²) in [7, 11) is 0. The van der Waals surface area contributed by atoms with Gasteiger partial charge in [0.2, 0.25) is 5.91 Å². The normalized spacial score (nSPS) is 15.7. The number of nitrogens with zero attached hydrogens (tertiary/aromatic N) is 2. The van der Waals surface area contributed by atoms with Crippen molar-refractivity contribution in [3.05, 3.63) is 21.4 Å². The van der Waals surface area contributed by atoms with Crippen LogP contribution in [0.4, 0.5) is 0 Å². The van der Waals surface area contributed by atoms with Gasteiger partial charge in [0.05, 0.1) is 10.9 Å². The Balaban J connectivity index is 2.23. The molecule has 124 valence electrons. The second-order valence-corrected chi connectivity index (χ2v) is 7.05. The number of carbonyl (C=O) groups excluding carboxylic acids is 2. The number of aryl methyl sites for hydroxylation is 2. The van der Waals surface area contributed by atoms with Gasteiger partial charge in [-0.1, -0.05) is 12.8 Å². The van der Waals surface area contributed by atoms with Crippen LogP contribution in [0.2, 0.25) is 0 Å². The minimum Gasteiger partial charge on any atom is -0.342 e. The maximum Gasteiger partial charge on any atom is 0.247 e. The Morgan fingerprint density at radius 2 is 1.87 bits per heavy atom. The minimum absolute atomic E-state index is 0.332. The van der Waals surface area contributed by atoms with Crippen LogP contribution in [0.1, 0.15) is 59.6 Å². The molecule has 0 saturated heterocycles. The average molecular weight is 332 g/mol. The van der Waals surface area contributed by atoms with E-state index in [-0.39, 0.29) is 11.7 Å². The van der Waals surface area contributed by atoms with E-state index >= 15 is 0 Å². The molecule has 0 fully saturated rings. The molecule has 1 unspecified atom stereocenters. The van der Waals surface area contributed by atoms with Crippen LogP contribution in [0.5, 0.6) is 0 Å². The maximum absolute atomic E-state index is 12.7. The molecular formula is C18H24N2O2S. The molecule has 1 aromatic rings. The Morgan fingerprint density at radius 1 is 1.22 bits per heavy atom. The molecule has 4 nitrogen and oxygen atoms in total. The van der Waals surface area contributed by atoms with Crippen LogP contribution in [0.15, 0.2) is 6.07 Å². The highest BCUT2D eigenvalue weighted by Gasteiger charge is 2.32. The van der Waals surface area contributed by atoms with E-state index in [9.17, 15) is 14.9 Å². The van der Waals surface area contributed by atoms with E-state index < -0.39 is 5.92 Å². The topological polar surface area (TPSA) is 61.2 Å². The Morgan fingerprint density at radius 3 is 2.48 bits per heavy atom. The number of thiophene rings is 1. The van der Waals surface area contributed by atoms with E-state index in [4.69, 9.17) is 0 Å². The Hall–Kier alpha value is -1.67. The van der Waals surface area contributed by atoms with Crippen LogP contribution in [-0.2, 0) is 17.6 Å². The smallest absolute Gasteiger partial charge is 0.247 e. The fourth-order valence-corrected chi connectivity index (χ4v) is 4.28. The Labute approximate surface area is 142 Å². The van der Waals surface area contributed by atoms with Crippen molar-refractivity contribution in [2.75, 3.05) is 13.1 Å². The van der Waals surface area contributed by atoms with Crippen LogP contribution >= 0.6 is 11.3 Å². The summed E-state index contributed by atoms with van der Waals surface area (Å²) in [5.74, 6) is -1.91. The highest BCUT2D eigenvalue weighted by Crippen LogP contribution is 2.30. The summed E-state index contributed by atoms with van der Waals surface area (Å²) in [6, 6.07) is 3.84. The van der Waals surface area contributed by atoms with Gasteiger partial charge in [-0.15, -0.1) is 11.3 Å². The number of nitriles is 1. The van der Waals surface area contributed by atoms with Crippen LogP contribution in [0.3, 0.4) is 0 Å². The third-order valence-electron chi connectivity index (χ3n) is 4.45. The minimum atomic E-state index is -1.21. The van der Waals surface area contributed by atoms with Gasteiger partial charge in [0.15, 0.2) is 11.7 Å². The SMILES string of the molecule is CCN(CC)C(=O)C(C#N)C(=O)c1cc2c(s1)CCCCCC2. The van der Waals surface area contributed by atoms with Crippen molar-refractivity contribution in [1.82, 2.24) is 4.90 Å². The van der Waals surface area contributed by atoms with Crippen LogP contribution in [0, 0.1) is 17.2 Å². The van der Waals surface area contributed by atoms with Crippen molar-refractivity contribution in [1.29, 1.82) is 5.26 Å². The molecule has 1 heterocycles. The summed E-state index contributed by atoms with van der Waals surface area (Å²) in [6.45, 7) is 4.75. The highest BCUT2D eigenvalue weighted by atomic mass is 32.1. The lowest BCUT2D eigenvalue weighted by molar-refractivity contribution is -0.132. The first-order valence-electron chi connectivity index (χ1n) is 8.46. The molecule has 1 aliphatic carbocycles. The van der Waals surface area contributed by atoms with Crippen molar-refractivity contribution in [2.24, 2.45) is 5.92 Å². The summed E-state index contributed by atoms with van der Waals surface area (Å²) in [4.78, 5) is 28.5. The fourth-order valence-electron chi connectivity index (χ4n) is 3.05. The highest BCUT2D eigenvalue weighted by molar-refractivity contribution is 7.14. The monoisotopic (exact) mass is 332 g/mol. The van der Waals surface area contributed by atoms with Crippen LogP contribution in [0.25, 0.3) is 0 Å². The number of Topliss-reactive ketones (excluding diaryl/α,β-unsaturated/α-hetero) is 1. The largest absolute Gasteiger partial charge is 0.342 e. The Bertz CT molecular complexity index is 586. The number of hydrogen-bond acceptors (Lipinski definition) is 4. The third-order valence-corrected chi connectivity index (χ3v) is 5.70. The maximum atomic E-state index is 12.7. The van der Waals surface area contributed by atoms with Crippen molar-refractivity contribution in [3.8, 4) is 6.07 Å². The lowest BCUT2D eigenvalue weighted by atomic mass is 9.98. The molecule has 0 aromatic carbocycles. The van der Waals surface area contributed by atoms with Gasteiger partial charge in [0.25, 0.3) is 0 Å². The molecule has 1 aromatic heterocycles. The molecule has 1 aliphatic rings. The van der Waals surface area contributed by atoms with E-state index in [2.05, 4.69) is 0 Å². The predicted octanol–water partition coefficient (Wildman–Crippen LogP) is 3.60. The number of fused-ring (bicyclic) bond motifs is 1. The van der Waals surface area contributed by atoms with Crippen LogP contribution in [-0.4, -0.2) is 29.7 Å². The molecule has 2 rings (SSSR count). The average Bonchev–Trinajstić information content (AvgIpc) is 2.91. The number of carbonyl (C=O) groups is 2. The van der Waals surface area contributed by atoms with Gasteiger partial charge < -0.3 is 4.90 Å². The molecule has 23 heavy (non-hydrogen) atoms. The van der Waals surface area contributed by atoms with E-state index in [0.717, 1.165) is 25.7 Å². The first-order chi connectivity index (χ1) is 11.1. The molecule has 0 aliphatic heterocycles. The molecule has 1 amide bonds. The van der Waals surface area contributed by atoms with E-state index in [1.807, 2.05) is 26.0 Å². The zero-order chi connectivity index (χ0) is 16.8. The number of ketones is 1. The van der Waals surface area contributed by atoms with Crippen LogP contribution < -0.4 is 0 Å². The van der Waals surface area contributed by atoms with E-state index in [1.165, 1.54) is 34.6 Å². The molecule has 5 heteroatoms. The fraction of sp³-hybridized carbons (Fsp3) is 0.611. The van der Waals surface area contributed by atoms with Gasteiger partial charge in [0, 0.05) is 18.0 Å². The number of amides is 1. The molecule has 1 atom stereocenters. The quantitative estimate of drug-likeness (QED) is 0.611. The standard InChI is InChI=1S/C18H24N2O2S/c1-3-20(4-2)18(22)14(12-19)17(21)16-11-13-9-7-5-6-8-10-15(13)23-16/h11,14H,3-10H2,1-2H3. The van der Waals surface area contributed by atoms with Crippen molar-refractivity contribution in [3.63, 3.8) is 0 Å². The van der Waals surface area contributed by atoms with Gasteiger partial charge in [-0.05, 0) is 51.2 Å². The second-order valence-electron chi connectivity index (χ2n) is 5.91. The van der Waals surface area contributed by atoms with E-state index in [0.29, 0.717) is 18.0 Å². The zero-order valence-corrected chi connectivity index (χ0v) is 14.7. The zero-order valence-electron chi connectivity index (χ0n) is 13.9. The first-order valence-corrected chi connectivity index (χ1v) is 9.28. The molecule has 0 N–H and O–H groups in total.